The molecule has 0 bridgehead atoms. The van der Waals surface area contributed by atoms with Crippen molar-refractivity contribution in [3.63, 3.8) is 0 Å². The number of hydrogen-bond acceptors (Lipinski definition) is 3. The van der Waals surface area contributed by atoms with E-state index in [0.717, 1.165) is 0 Å². The van der Waals surface area contributed by atoms with E-state index < -0.39 is 0 Å². The van der Waals surface area contributed by atoms with Crippen molar-refractivity contribution < 1.29 is 14.6 Å². The molecule has 0 fully saturated rings. The van der Waals surface area contributed by atoms with Crippen molar-refractivity contribution in [1.29, 1.82) is 0 Å². The van der Waals surface area contributed by atoms with E-state index in [4.69, 9.17) is 0 Å². The highest BCUT2D eigenvalue weighted by atomic mass is 16.5. The SMILES string of the molecule is C=C/C(CCC(=O)OC)=C(O)\C=C/C. The van der Waals surface area contributed by atoms with Gasteiger partial charge >= 0.3 is 5.97 Å². The van der Waals surface area contributed by atoms with Crippen molar-refractivity contribution in [1.82, 2.24) is 0 Å². The van der Waals surface area contributed by atoms with E-state index in [1.165, 1.54) is 13.2 Å². The van der Waals surface area contributed by atoms with Gasteiger partial charge in [-0.3, -0.25) is 4.79 Å². The third-order valence-corrected chi connectivity index (χ3v) is 1.73. The molecule has 78 valence electrons. The molecule has 0 aromatic carbocycles. The van der Waals surface area contributed by atoms with Crippen molar-refractivity contribution >= 4 is 5.97 Å². The molecule has 0 aliphatic carbocycles. The molecule has 0 atom stereocenters. The number of aliphatic hydroxyl groups excluding tert-OH is 1. The summed E-state index contributed by atoms with van der Waals surface area (Å²) in [4.78, 5) is 10.8. The van der Waals surface area contributed by atoms with E-state index in [-0.39, 0.29) is 18.1 Å². The Balaban J connectivity index is 4.36. The van der Waals surface area contributed by atoms with Crippen LogP contribution in [-0.2, 0) is 9.53 Å². The average Bonchev–Trinajstić information content (AvgIpc) is 2.18. The Kier molecular flexibility index (Phi) is 6.20. The van der Waals surface area contributed by atoms with Crippen LogP contribution in [0.2, 0.25) is 0 Å². The van der Waals surface area contributed by atoms with Gasteiger partial charge in [0.2, 0.25) is 0 Å². The summed E-state index contributed by atoms with van der Waals surface area (Å²) in [7, 11) is 1.34. The number of rotatable bonds is 5. The van der Waals surface area contributed by atoms with Crippen molar-refractivity contribution in [2.45, 2.75) is 19.8 Å². The monoisotopic (exact) mass is 196 g/mol. The van der Waals surface area contributed by atoms with Gasteiger partial charge in [0.05, 0.1) is 7.11 Å². The van der Waals surface area contributed by atoms with E-state index in [9.17, 15) is 9.90 Å². The van der Waals surface area contributed by atoms with Gasteiger partial charge < -0.3 is 9.84 Å². The number of hydrogen-bond donors (Lipinski definition) is 1. The molecule has 0 unspecified atom stereocenters. The molecule has 0 saturated carbocycles. The smallest absolute Gasteiger partial charge is 0.305 e. The van der Waals surface area contributed by atoms with Gasteiger partial charge in [0.25, 0.3) is 0 Å². The summed E-state index contributed by atoms with van der Waals surface area (Å²) in [6.07, 6.45) is 5.51. The number of aliphatic hydroxyl groups is 1. The van der Waals surface area contributed by atoms with Crippen molar-refractivity contribution in [3.05, 3.63) is 36.1 Å². The van der Waals surface area contributed by atoms with Crippen LogP contribution in [0.15, 0.2) is 36.1 Å². The zero-order valence-electron chi connectivity index (χ0n) is 8.62. The normalized spacial score (nSPS) is 12.4. The molecule has 0 spiro atoms. The maximum Gasteiger partial charge on any atom is 0.305 e. The number of methoxy groups -OCH3 is 1. The summed E-state index contributed by atoms with van der Waals surface area (Å²) in [5.74, 6) is -0.149. The molecular weight excluding hydrogens is 180 g/mol. The molecule has 0 saturated heterocycles. The minimum absolute atomic E-state index is 0.145. The molecule has 3 nitrogen and oxygen atoms in total. The van der Waals surface area contributed by atoms with Crippen LogP contribution < -0.4 is 0 Å². The van der Waals surface area contributed by atoms with Crippen LogP contribution in [0.4, 0.5) is 0 Å². The lowest BCUT2D eigenvalue weighted by atomic mass is 10.1. The first kappa shape index (κ1) is 12.5. The summed E-state index contributed by atoms with van der Waals surface area (Å²) in [6, 6.07) is 0. The first-order chi connectivity index (χ1) is 6.65. The van der Waals surface area contributed by atoms with Crippen LogP contribution in [0, 0.1) is 0 Å². The lowest BCUT2D eigenvalue weighted by Gasteiger charge is -2.02. The topological polar surface area (TPSA) is 46.5 Å². The largest absolute Gasteiger partial charge is 0.508 e. The van der Waals surface area contributed by atoms with Gasteiger partial charge in [-0.2, -0.15) is 0 Å². The average molecular weight is 196 g/mol. The molecule has 0 amide bonds. The Morgan fingerprint density at radius 1 is 1.50 bits per heavy atom. The van der Waals surface area contributed by atoms with E-state index in [2.05, 4.69) is 11.3 Å². The second kappa shape index (κ2) is 6.95. The second-order valence-electron chi connectivity index (χ2n) is 2.69. The van der Waals surface area contributed by atoms with Crippen LogP contribution in [0.25, 0.3) is 0 Å². The Bertz CT molecular complexity index is 262. The zero-order valence-corrected chi connectivity index (χ0v) is 8.62. The zero-order chi connectivity index (χ0) is 11.0. The lowest BCUT2D eigenvalue weighted by molar-refractivity contribution is -0.140. The fourth-order valence-electron chi connectivity index (χ4n) is 0.938. The van der Waals surface area contributed by atoms with Crippen LogP contribution in [0.1, 0.15) is 19.8 Å². The first-order valence-electron chi connectivity index (χ1n) is 4.39. The Hall–Kier alpha value is -1.51. The Morgan fingerprint density at radius 3 is 2.57 bits per heavy atom. The molecule has 0 aromatic rings. The van der Waals surface area contributed by atoms with Crippen molar-refractivity contribution in [3.8, 4) is 0 Å². The van der Waals surface area contributed by atoms with Gasteiger partial charge in [0, 0.05) is 6.42 Å². The summed E-state index contributed by atoms with van der Waals surface area (Å²) < 4.78 is 4.49. The van der Waals surface area contributed by atoms with Gasteiger partial charge in [-0.25, -0.2) is 0 Å². The van der Waals surface area contributed by atoms with Crippen LogP contribution in [-0.4, -0.2) is 18.2 Å². The fraction of sp³-hybridized carbons (Fsp3) is 0.364. The standard InChI is InChI=1S/C11H16O3/c1-4-6-10(12)9(5-2)7-8-11(13)14-3/h4-6,12H,2,7-8H2,1,3H3/b6-4-,10-9-. The predicted octanol–water partition coefficient (Wildman–Crippen LogP) is 2.51. The molecule has 14 heavy (non-hydrogen) atoms. The molecule has 3 heteroatoms. The van der Waals surface area contributed by atoms with Gasteiger partial charge in [0.15, 0.2) is 0 Å². The van der Waals surface area contributed by atoms with Crippen LogP contribution in [0.3, 0.4) is 0 Å². The molecule has 0 rings (SSSR count). The third kappa shape index (κ3) is 4.50. The summed E-state index contributed by atoms with van der Waals surface area (Å²) >= 11 is 0. The van der Waals surface area contributed by atoms with Gasteiger partial charge in [-0.15, -0.1) is 0 Å². The number of carbonyl (C=O) groups excluding carboxylic acids is 1. The third-order valence-electron chi connectivity index (χ3n) is 1.73. The first-order valence-corrected chi connectivity index (χ1v) is 4.39. The Morgan fingerprint density at radius 2 is 2.14 bits per heavy atom. The molecule has 1 N–H and O–H groups in total. The molecule has 0 heterocycles. The molecule has 0 aromatic heterocycles. The fourth-order valence-corrected chi connectivity index (χ4v) is 0.938. The van der Waals surface area contributed by atoms with Crippen LogP contribution in [0.5, 0.6) is 0 Å². The molecular formula is C11H16O3. The van der Waals surface area contributed by atoms with Crippen molar-refractivity contribution in [2.24, 2.45) is 0 Å². The van der Waals surface area contributed by atoms with E-state index in [1.807, 2.05) is 0 Å². The number of ether oxygens (including phenoxy) is 1. The van der Waals surface area contributed by atoms with E-state index in [1.54, 1.807) is 19.1 Å². The van der Waals surface area contributed by atoms with E-state index >= 15 is 0 Å². The second-order valence-corrected chi connectivity index (χ2v) is 2.69. The highest BCUT2D eigenvalue weighted by Gasteiger charge is 2.04. The predicted molar refractivity (Wildman–Crippen MR) is 55.9 cm³/mol. The highest BCUT2D eigenvalue weighted by Crippen LogP contribution is 2.12. The van der Waals surface area contributed by atoms with Gasteiger partial charge in [-0.1, -0.05) is 18.7 Å². The number of carbonyl (C=O) groups is 1. The summed E-state index contributed by atoms with van der Waals surface area (Å²) in [5, 5.41) is 9.46. The van der Waals surface area contributed by atoms with Gasteiger partial charge in [0.1, 0.15) is 5.76 Å². The summed E-state index contributed by atoms with van der Waals surface area (Å²) in [6.45, 7) is 5.37. The maximum absolute atomic E-state index is 10.8. The maximum atomic E-state index is 10.8. The summed E-state index contributed by atoms with van der Waals surface area (Å²) in [5.41, 5.74) is 0.647. The minimum Gasteiger partial charge on any atom is -0.508 e. The number of esters is 1. The Labute approximate surface area is 84.4 Å². The molecule has 0 radical (unpaired) electrons. The molecule has 0 aliphatic rings. The van der Waals surface area contributed by atoms with Crippen LogP contribution >= 0.6 is 0 Å². The van der Waals surface area contributed by atoms with Gasteiger partial charge in [-0.05, 0) is 25.0 Å². The highest BCUT2D eigenvalue weighted by molar-refractivity contribution is 5.69. The van der Waals surface area contributed by atoms with E-state index in [0.29, 0.717) is 12.0 Å². The van der Waals surface area contributed by atoms with Crippen molar-refractivity contribution in [2.75, 3.05) is 7.11 Å². The quantitative estimate of drug-likeness (QED) is 0.417. The lowest BCUT2D eigenvalue weighted by Crippen LogP contribution is -2.00. The number of allylic oxidation sites excluding steroid dienone is 4. The molecule has 0 aliphatic heterocycles. The minimum atomic E-state index is -0.294.